The highest BCUT2D eigenvalue weighted by Crippen LogP contribution is 2.39. The molecule has 16 nitrogen and oxygen atoms in total. The van der Waals surface area contributed by atoms with Crippen molar-refractivity contribution in [2.75, 3.05) is 46.6 Å². The number of likely N-dealkylation sites (N-methyl/N-ethyl adjacent to an activating group) is 1. The summed E-state index contributed by atoms with van der Waals surface area (Å²) in [5.74, 6) is -3.13. The van der Waals surface area contributed by atoms with Crippen LogP contribution >= 0.6 is 0 Å². The zero-order valence-electron chi connectivity index (χ0n) is 36.1. The number of aliphatic hydroxyl groups is 1. The van der Waals surface area contributed by atoms with E-state index in [1.54, 1.807) is 23.6 Å². The number of hydrogen-bond acceptors (Lipinski definition) is 14. The van der Waals surface area contributed by atoms with Gasteiger partial charge in [-0.15, -0.1) is 5.10 Å². The van der Waals surface area contributed by atoms with E-state index in [1.807, 2.05) is 77.2 Å². The van der Waals surface area contributed by atoms with Crippen LogP contribution in [-0.2, 0) is 39.8 Å². The number of nitrogens with one attached hydrogen (secondary N) is 1. The second-order valence-electron chi connectivity index (χ2n) is 17.3. The molecule has 4 heterocycles. The molecule has 0 saturated carbocycles. The number of aliphatic hydroxyl groups excluding tert-OH is 1. The van der Waals surface area contributed by atoms with E-state index in [1.165, 1.54) is 6.92 Å². The summed E-state index contributed by atoms with van der Waals surface area (Å²) in [4.78, 5) is 45.6. The van der Waals surface area contributed by atoms with Gasteiger partial charge in [0.25, 0.3) is 0 Å². The van der Waals surface area contributed by atoms with Crippen molar-refractivity contribution < 1.29 is 43.2 Å². The second kappa shape index (κ2) is 19.1. The van der Waals surface area contributed by atoms with Gasteiger partial charge in [0.05, 0.1) is 30.0 Å². The molecule has 0 aliphatic carbocycles. The lowest BCUT2D eigenvalue weighted by atomic mass is 9.78. The number of nitrogens with two attached hydrogens (primary N) is 1. The molecule has 16 heteroatoms. The molecule has 1 aromatic heterocycles. The fraction of sp³-hybridized carbons (Fsp3) is 0.738. The van der Waals surface area contributed by atoms with Crippen molar-refractivity contribution in [1.29, 1.82) is 0 Å². The molecule has 0 spiro atoms. The maximum absolute atomic E-state index is 14.3. The Labute approximate surface area is 343 Å². The number of anilines is 1. The van der Waals surface area contributed by atoms with Gasteiger partial charge in [0.1, 0.15) is 23.8 Å². The van der Waals surface area contributed by atoms with Gasteiger partial charge >= 0.3 is 12.1 Å². The van der Waals surface area contributed by atoms with E-state index < -0.39 is 71.5 Å². The molecule has 324 valence electrons. The third-order valence-electron chi connectivity index (χ3n) is 12.5. The highest BCUT2D eigenvalue weighted by Gasteiger charge is 2.57. The molecule has 4 N–H and O–H groups in total. The van der Waals surface area contributed by atoms with Crippen LogP contribution in [0.1, 0.15) is 80.6 Å². The number of Topliss-reactive ketones (excluding diaryl/α,β-unsaturated/α-hetero) is 1. The Morgan fingerprint density at radius 1 is 1.09 bits per heavy atom. The van der Waals surface area contributed by atoms with E-state index in [4.69, 9.17) is 29.4 Å². The number of amides is 1. The van der Waals surface area contributed by atoms with Crippen LogP contribution in [-0.4, -0.2) is 143 Å². The third kappa shape index (κ3) is 10.0. The topological polar surface area (TPSA) is 193 Å². The van der Waals surface area contributed by atoms with Crippen LogP contribution in [0.15, 0.2) is 30.5 Å². The molecule has 12 atom stereocenters. The molecule has 5 rings (SSSR count). The maximum atomic E-state index is 14.3. The standard InChI is InChI=1S/C42H67N7O9/c1-11-34-42(7)33(49(40(53)58-42)18-13-12-17-48-24-31(45-46-48)29-15-14-16-30(43)20-29)23-44-22-25(2)21-41(6,54-10)37(27(4)35(50)28(5)38(52)56-34)57-39-36(51)32(47(8)9)19-26(3)55-39/h14-16,20,24-28,32-34,36-37,39,44,51H,11-13,17-19,21-23,43H2,1-10H3/t25-,26-,27+,28-,32?,33-,34-,36-,37-,39+,41-,42+/m1/s1. The third-order valence-corrected chi connectivity index (χ3v) is 12.5. The molecule has 3 saturated heterocycles. The van der Waals surface area contributed by atoms with Crippen LogP contribution in [0.2, 0.25) is 0 Å². The van der Waals surface area contributed by atoms with Crippen molar-refractivity contribution in [3.8, 4) is 11.3 Å². The van der Waals surface area contributed by atoms with Crippen LogP contribution in [0.25, 0.3) is 11.3 Å². The van der Waals surface area contributed by atoms with Gasteiger partial charge in [-0.25, -0.2) is 4.79 Å². The number of aryl methyl sites for hydroxylation is 1. The van der Waals surface area contributed by atoms with Crippen molar-refractivity contribution in [1.82, 2.24) is 30.1 Å². The SMILES string of the molecule is CC[C@H]1OC(=O)[C@H](C)C(=O)[C@H](C)[C@@H](O[C@@H]2O[C@H](C)CC(N(C)C)[C@H]2O)[C@](C)(OC)C[C@@H](C)CNC[C@H]2N(CCCCn3cc(-c4cccc(N)c4)nn3)C(=O)O[C@]12C. The molecule has 3 aliphatic rings. The van der Waals surface area contributed by atoms with E-state index in [0.29, 0.717) is 57.5 Å². The van der Waals surface area contributed by atoms with E-state index in [0.717, 1.165) is 17.7 Å². The number of ketones is 1. The highest BCUT2D eigenvalue weighted by atomic mass is 16.7. The molecule has 0 bridgehead atoms. The van der Waals surface area contributed by atoms with E-state index in [9.17, 15) is 19.5 Å². The zero-order valence-corrected chi connectivity index (χ0v) is 36.1. The number of fused-ring (bicyclic) bond motifs is 1. The normalized spacial score (nSPS) is 35.6. The van der Waals surface area contributed by atoms with Gasteiger partial charge in [-0.05, 0) is 98.5 Å². The predicted molar refractivity (Wildman–Crippen MR) is 217 cm³/mol. The van der Waals surface area contributed by atoms with E-state index >= 15 is 0 Å². The van der Waals surface area contributed by atoms with Crippen LogP contribution < -0.4 is 11.1 Å². The minimum atomic E-state index is -1.20. The molecule has 1 amide bonds. The summed E-state index contributed by atoms with van der Waals surface area (Å²) in [5, 5.41) is 23.6. The number of ether oxygens (including phenoxy) is 5. The van der Waals surface area contributed by atoms with Crippen LogP contribution in [0.5, 0.6) is 0 Å². The summed E-state index contributed by atoms with van der Waals surface area (Å²) in [6.07, 6.45) is 0.259. The summed E-state index contributed by atoms with van der Waals surface area (Å²) in [7, 11) is 5.39. The quantitative estimate of drug-likeness (QED) is 0.128. The summed E-state index contributed by atoms with van der Waals surface area (Å²) in [5.41, 5.74) is 5.98. The van der Waals surface area contributed by atoms with Gasteiger partial charge in [0, 0.05) is 50.0 Å². The van der Waals surface area contributed by atoms with Crippen molar-refractivity contribution >= 4 is 23.5 Å². The number of methoxy groups -OCH3 is 1. The Balaban J connectivity index is 1.35. The average molecular weight is 814 g/mol. The number of nitrogens with zero attached hydrogens (tertiary/aromatic N) is 5. The van der Waals surface area contributed by atoms with Gasteiger partial charge in [-0.3, -0.25) is 19.2 Å². The van der Waals surface area contributed by atoms with Crippen LogP contribution in [0, 0.1) is 17.8 Å². The van der Waals surface area contributed by atoms with E-state index in [-0.39, 0.29) is 18.1 Å². The summed E-state index contributed by atoms with van der Waals surface area (Å²) in [6, 6.07) is 6.78. The number of benzene rings is 1. The molecular formula is C42H67N7O9. The van der Waals surface area contributed by atoms with Gasteiger partial charge in [0.15, 0.2) is 17.7 Å². The number of carbonyl (C=O) groups is 3. The van der Waals surface area contributed by atoms with Crippen LogP contribution in [0.4, 0.5) is 10.5 Å². The number of aromatic nitrogens is 3. The number of carbonyl (C=O) groups excluding carboxylic acids is 3. The van der Waals surface area contributed by atoms with Gasteiger partial charge in [-0.1, -0.05) is 38.1 Å². The van der Waals surface area contributed by atoms with Crippen molar-refractivity contribution in [2.24, 2.45) is 17.8 Å². The monoisotopic (exact) mass is 814 g/mol. The molecule has 0 radical (unpaired) electrons. The molecular weight excluding hydrogens is 747 g/mol. The Morgan fingerprint density at radius 2 is 1.81 bits per heavy atom. The zero-order chi connectivity index (χ0) is 42.5. The van der Waals surface area contributed by atoms with Crippen molar-refractivity contribution in [2.45, 2.75) is 141 Å². The summed E-state index contributed by atoms with van der Waals surface area (Å²) < 4.78 is 33.1. The first-order valence-electron chi connectivity index (χ1n) is 20.8. The first-order chi connectivity index (χ1) is 27.4. The smallest absolute Gasteiger partial charge is 0.410 e. The molecule has 3 fully saturated rings. The lowest BCUT2D eigenvalue weighted by Gasteiger charge is -2.46. The fourth-order valence-electron chi connectivity index (χ4n) is 9.03. The van der Waals surface area contributed by atoms with E-state index in [2.05, 4.69) is 22.6 Å². The van der Waals surface area contributed by atoms with Gasteiger partial charge in [-0.2, -0.15) is 0 Å². The first-order valence-corrected chi connectivity index (χ1v) is 20.8. The average Bonchev–Trinajstić information content (AvgIpc) is 3.75. The molecule has 58 heavy (non-hydrogen) atoms. The van der Waals surface area contributed by atoms with Crippen molar-refractivity contribution in [3.05, 3.63) is 30.5 Å². The molecule has 3 aliphatic heterocycles. The Kier molecular flexibility index (Phi) is 15.0. The summed E-state index contributed by atoms with van der Waals surface area (Å²) >= 11 is 0. The Bertz CT molecular complexity index is 1710. The summed E-state index contributed by atoms with van der Waals surface area (Å²) in [6.45, 7) is 14.8. The largest absolute Gasteiger partial charge is 0.458 e. The number of esters is 1. The number of nitrogen functional groups attached to an aromatic ring is 1. The number of rotatable bonds is 11. The predicted octanol–water partition coefficient (Wildman–Crippen LogP) is 3.90. The maximum Gasteiger partial charge on any atom is 0.410 e. The molecule has 2 aromatic rings. The second-order valence-corrected chi connectivity index (χ2v) is 17.3. The number of cyclic esters (lactones) is 1. The van der Waals surface area contributed by atoms with Gasteiger partial charge in [0.2, 0.25) is 0 Å². The Hall–Kier alpha value is -3.67. The fourth-order valence-corrected chi connectivity index (χ4v) is 9.03. The van der Waals surface area contributed by atoms with Crippen molar-refractivity contribution in [3.63, 3.8) is 0 Å². The number of unbranched alkanes of at least 4 members (excludes halogenated alkanes) is 1. The minimum absolute atomic E-state index is 0.00373. The molecule has 1 aromatic carbocycles. The highest BCUT2D eigenvalue weighted by molar-refractivity contribution is 6.00. The molecule has 1 unspecified atom stereocenters. The lowest BCUT2D eigenvalue weighted by Crippen LogP contribution is -2.59. The first kappa shape index (κ1) is 45.4. The minimum Gasteiger partial charge on any atom is -0.458 e. The lowest BCUT2D eigenvalue weighted by molar-refractivity contribution is -0.295. The Morgan fingerprint density at radius 3 is 2.48 bits per heavy atom. The number of hydrogen-bond donors (Lipinski definition) is 3. The van der Waals surface area contributed by atoms with Gasteiger partial charge < -0.3 is 44.7 Å². The van der Waals surface area contributed by atoms with Crippen LogP contribution in [0.3, 0.4) is 0 Å².